The average molecular weight is 282 g/mol. The molecule has 5 rings (SSSR count). The fourth-order valence-electron chi connectivity index (χ4n) is 3.79. The number of hydrogen-bond acceptors (Lipinski definition) is 1. The maximum absolute atomic E-state index is 5.63. The molecule has 0 fully saturated rings. The van der Waals surface area contributed by atoms with E-state index in [2.05, 4.69) is 60.7 Å². The Kier molecular flexibility index (Phi) is 2.21. The van der Waals surface area contributed by atoms with E-state index in [1.165, 1.54) is 43.8 Å². The van der Waals surface area contributed by atoms with Crippen LogP contribution in [0.4, 0.5) is 0 Å². The van der Waals surface area contributed by atoms with Crippen molar-refractivity contribution in [3.63, 3.8) is 0 Å². The molecule has 1 nitrogen and oxygen atoms in total. The van der Waals surface area contributed by atoms with Crippen molar-refractivity contribution >= 4 is 21.5 Å². The van der Waals surface area contributed by atoms with Crippen molar-refractivity contribution in [2.45, 2.75) is 0 Å². The summed E-state index contributed by atoms with van der Waals surface area (Å²) in [6, 6.07) is 23.8. The molecule has 0 aliphatic heterocycles. The lowest BCUT2D eigenvalue weighted by Crippen LogP contribution is -1.87. The lowest BCUT2D eigenvalue weighted by atomic mass is 9.96. The van der Waals surface area contributed by atoms with E-state index in [-0.39, 0.29) is 0 Å². The quantitative estimate of drug-likeness (QED) is 0.361. The van der Waals surface area contributed by atoms with Crippen LogP contribution in [0.1, 0.15) is 0 Å². The van der Waals surface area contributed by atoms with E-state index in [4.69, 9.17) is 4.74 Å². The topological polar surface area (TPSA) is 9.23 Å². The third-order valence-electron chi connectivity index (χ3n) is 4.69. The second kappa shape index (κ2) is 4.11. The molecule has 4 aromatic carbocycles. The average Bonchev–Trinajstić information content (AvgIpc) is 2.91. The minimum absolute atomic E-state index is 0.949. The van der Waals surface area contributed by atoms with Crippen molar-refractivity contribution in [2.75, 3.05) is 7.11 Å². The first-order chi connectivity index (χ1) is 10.9. The van der Waals surface area contributed by atoms with E-state index >= 15 is 0 Å². The van der Waals surface area contributed by atoms with Crippen molar-refractivity contribution in [1.82, 2.24) is 0 Å². The SMILES string of the molecule is COc1cccc2c1-c1cc3ccccc3c3cccc-2c13. The van der Waals surface area contributed by atoms with Gasteiger partial charge in [-0.15, -0.1) is 0 Å². The van der Waals surface area contributed by atoms with Gasteiger partial charge in [0.15, 0.2) is 0 Å². The van der Waals surface area contributed by atoms with E-state index in [1.54, 1.807) is 7.11 Å². The molecule has 0 radical (unpaired) electrons. The lowest BCUT2D eigenvalue weighted by Gasteiger charge is -2.09. The summed E-state index contributed by atoms with van der Waals surface area (Å²) in [5.41, 5.74) is 5.10. The molecule has 0 saturated carbocycles. The normalized spacial score (nSPS) is 11.9. The first-order valence-electron chi connectivity index (χ1n) is 7.51. The fraction of sp³-hybridized carbons (Fsp3) is 0.0476. The van der Waals surface area contributed by atoms with Crippen LogP contribution >= 0.6 is 0 Å². The number of ether oxygens (including phenoxy) is 1. The van der Waals surface area contributed by atoms with Crippen LogP contribution in [0.15, 0.2) is 66.7 Å². The van der Waals surface area contributed by atoms with E-state index < -0.39 is 0 Å². The van der Waals surface area contributed by atoms with Gasteiger partial charge in [0.05, 0.1) is 7.11 Å². The zero-order valence-electron chi connectivity index (χ0n) is 12.3. The van der Waals surface area contributed by atoms with Crippen LogP contribution in [0.3, 0.4) is 0 Å². The van der Waals surface area contributed by atoms with Crippen molar-refractivity contribution in [3.05, 3.63) is 66.7 Å². The molecular weight excluding hydrogens is 268 g/mol. The van der Waals surface area contributed by atoms with Gasteiger partial charge in [-0.25, -0.2) is 0 Å². The van der Waals surface area contributed by atoms with E-state index in [0.29, 0.717) is 0 Å². The van der Waals surface area contributed by atoms with Crippen LogP contribution in [-0.2, 0) is 0 Å². The van der Waals surface area contributed by atoms with Crippen molar-refractivity contribution in [3.8, 4) is 28.0 Å². The minimum atomic E-state index is 0.949. The molecule has 0 amide bonds. The minimum Gasteiger partial charge on any atom is -0.496 e. The maximum Gasteiger partial charge on any atom is 0.127 e. The van der Waals surface area contributed by atoms with Crippen molar-refractivity contribution in [2.24, 2.45) is 0 Å². The van der Waals surface area contributed by atoms with Gasteiger partial charge in [-0.05, 0) is 50.4 Å². The molecule has 0 heterocycles. The Morgan fingerprint density at radius 3 is 2.36 bits per heavy atom. The third kappa shape index (κ3) is 1.33. The van der Waals surface area contributed by atoms with E-state index in [9.17, 15) is 0 Å². The first-order valence-corrected chi connectivity index (χ1v) is 7.51. The zero-order chi connectivity index (χ0) is 14.7. The van der Waals surface area contributed by atoms with Crippen LogP contribution < -0.4 is 4.74 Å². The highest BCUT2D eigenvalue weighted by molar-refractivity contribution is 6.24. The van der Waals surface area contributed by atoms with Crippen LogP contribution in [0.5, 0.6) is 5.75 Å². The monoisotopic (exact) mass is 282 g/mol. The number of rotatable bonds is 1. The zero-order valence-corrected chi connectivity index (χ0v) is 12.3. The fourth-order valence-corrected chi connectivity index (χ4v) is 3.79. The molecule has 0 N–H and O–H groups in total. The summed E-state index contributed by atoms with van der Waals surface area (Å²) in [6.07, 6.45) is 0. The molecule has 4 aromatic rings. The van der Waals surface area contributed by atoms with Gasteiger partial charge >= 0.3 is 0 Å². The number of fused-ring (bicyclic) bond motifs is 5. The number of benzene rings is 4. The Balaban J connectivity index is 2.07. The molecule has 0 aromatic heterocycles. The molecule has 0 unspecified atom stereocenters. The van der Waals surface area contributed by atoms with Crippen LogP contribution in [0.25, 0.3) is 43.8 Å². The second-order valence-corrected chi connectivity index (χ2v) is 5.76. The molecule has 1 aliphatic carbocycles. The van der Waals surface area contributed by atoms with Crippen molar-refractivity contribution in [1.29, 1.82) is 0 Å². The third-order valence-corrected chi connectivity index (χ3v) is 4.69. The smallest absolute Gasteiger partial charge is 0.127 e. The summed E-state index contributed by atoms with van der Waals surface area (Å²) in [5, 5.41) is 5.26. The summed E-state index contributed by atoms with van der Waals surface area (Å²) in [7, 11) is 1.75. The van der Waals surface area contributed by atoms with Gasteiger partial charge in [-0.3, -0.25) is 0 Å². The highest BCUT2D eigenvalue weighted by Crippen LogP contribution is 2.52. The Bertz CT molecular complexity index is 1060. The van der Waals surface area contributed by atoms with Gasteiger partial charge < -0.3 is 4.74 Å². The molecule has 0 bridgehead atoms. The molecule has 1 aliphatic rings. The Morgan fingerprint density at radius 2 is 1.45 bits per heavy atom. The molecule has 0 saturated heterocycles. The first kappa shape index (κ1) is 11.8. The summed E-state index contributed by atoms with van der Waals surface area (Å²) >= 11 is 0. The van der Waals surface area contributed by atoms with Gasteiger partial charge in [0.25, 0.3) is 0 Å². The molecule has 0 spiro atoms. The second-order valence-electron chi connectivity index (χ2n) is 5.76. The molecule has 104 valence electrons. The highest BCUT2D eigenvalue weighted by atomic mass is 16.5. The molecule has 22 heavy (non-hydrogen) atoms. The summed E-state index contributed by atoms with van der Waals surface area (Å²) in [4.78, 5) is 0. The Hall–Kier alpha value is -2.80. The van der Waals surface area contributed by atoms with Gasteiger partial charge in [-0.1, -0.05) is 54.6 Å². The van der Waals surface area contributed by atoms with Gasteiger partial charge in [0.1, 0.15) is 5.75 Å². The Labute approximate surface area is 128 Å². The molecule has 1 heteroatoms. The van der Waals surface area contributed by atoms with Crippen molar-refractivity contribution < 1.29 is 4.74 Å². The van der Waals surface area contributed by atoms with Crippen LogP contribution in [0.2, 0.25) is 0 Å². The number of hydrogen-bond donors (Lipinski definition) is 0. The molecular formula is C21H14O. The largest absolute Gasteiger partial charge is 0.496 e. The van der Waals surface area contributed by atoms with Crippen LogP contribution in [0, 0.1) is 0 Å². The van der Waals surface area contributed by atoms with Crippen LogP contribution in [-0.4, -0.2) is 7.11 Å². The maximum atomic E-state index is 5.63. The van der Waals surface area contributed by atoms with Gasteiger partial charge in [0.2, 0.25) is 0 Å². The predicted molar refractivity (Wildman–Crippen MR) is 92.4 cm³/mol. The molecule has 0 atom stereocenters. The Morgan fingerprint density at radius 1 is 0.682 bits per heavy atom. The summed E-state index contributed by atoms with van der Waals surface area (Å²) < 4.78 is 5.63. The van der Waals surface area contributed by atoms with Gasteiger partial charge in [0, 0.05) is 5.56 Å². The standard InChI is InChI=1S/C21H14O/c1-22-19-11-5-10-17-16-9-4-8-15-14-7-3-2-6-13(14)12-18(20(15)16)21(17)19/h2-12H,1H3. The number of methoxy groups -OCH3 is 1. The summed E-state index contributed by atoms with van der Waals surface area (Å²) in [5.74, 6) is 0.949. The van der Waals surface area contributed by atoms with E-state index in [1.807, 2.05) is 6.07 Å². The predicted octanol–water partition coefficient (Wildman–Crippen LogP) is 5.65. The van der Waals surface area contributed by atoms with E-state index in [0.717, 1.165) is 5.75 Å². The summed E-state index contributed by atoms with van der Waals surface area (Å²) in [6.45, 7) is 0. The van der Waals surface area contributed by atoms with Gasteiger partial charge in [-0.2, -0.15) is 0 Å². The highest BCUT2D eigenvalue weighted by Gasteiger charge is 2.25. The lowest BCUT2D eigenvalue weighted by molar-refractivity contribution is 0.417.